The highest BCUT2D eigenvalue weighted by atomic mass is 32.1. The molecule has 10 heteroatoms. The van der Waals surface area contributed by atoms with Crippen LogP contribution >= 0.6 is 19.7 Å². The number of carbonyl (C=O) groups excluding carboxylic acids is 3. The smallest absolute Gasteiger partial charge is 0.350 e. The van der Waals surface area contributed by atoms with Crippen LogP contribution in [0.1, 0.15) is 27.0 Å². The molecule has 32 heavy (non-hydrogen) atoms. The van der Waals surface area contributed by atoms with E-state index in [9.17, 15) is 24.2 Å². The second-order valence-corrected chi connectivity index (χ2v) is 8.55. The van der Waals surface area contributed by atoms with Gasteiger partial charge in [0.1, 0.15) is 4.88 Å². The van der Waals surface area contributed by atoms with Crippen molar-refractivity contribution in [3.63, 3.8) is 0 Å². The first-order valence-electron chi connectivity index (χ1n) is 9.50. The summed E-state index contributed by atoms with van der Waals surface area (Å²) < 4.78 is 10.1. The predicted molar refractivity (Wildman–Crippen MR) is 122 cm³/mol. The molecule has 3 N–H and O–H groups in total. The maximum Gasteiger partial charge on any atom is 0.350 e. The summed E-state index contributed by atoms with van der Waals surface area (Å²) in [4.78, 5) is 56.5. The van der Waals surface area contributed by atoms with E-state index in [0.717, 1.165) is 10.4 Å². The van der Waals surface area contributed by atoms with E-state index in [4.69, 9.17) is 9.47 Å². The van der Waals surface area contributed by atoms with Crippen LogP contribution in [0.2, 0.25) is 0 Å². The van der Waals surface area contributed by atoms with Gasteiger partial charge in [0.15, 0.2) is 15.0 Å². The normalized spacial score (nSPS) is 10.6. The van der Waals surface area contributed by atoms with E-state index in [0.29, 0.717) is 0 Å². The van der Waals surface area contributed by atoms with E-state index >= 15 is 0 Å². The Bertz CT molecular complexity index is 1110. The highest BCUT2D eigenvalue weighted by Crippen LogP contribution is 2.35. The average Bonchev–Trinajstić information content (AvgIpc) is 3.22. The third-order valence-electron chi connectivity index (χ3n) is 4.17. The van der Waals surface area contributed by atoms with E-state index in [1.54, 1.807) is 13.0 Å². The van der Waals surface area contributed by atoms with Crippen LogP contribution in [-0.2, 0) is 14.3 Å². The van der Waals surface area contributed by atoms with Gasteiger partial charge in [-0.25, -0.2) is 9.59 Å². The summed E-state index contributed by atoms with van der Waals surface area (Å²) in [5.74, 6) is -1.99. The molecule has 166 valence electrons. The summed E-state index contributed by atoms with van der Waals surface area (Å²) in [6.07, 6.45) is 0. The van der Waals surface area contributed by atoms with Crippen molar-refractivity contribution in [2.75, 3.05) is 18.5 Å². The number of hydrogen-bond donors (Lipinski definition) is 3. The SMILES string of the molecule is CCOC(=O)c1sc(-c2ccccc2)cc1NC(=O)COC(=O)c1cccc(P(O)O)c1. The molecule has 1 heterocycles. The van der Waals surface area contributed by atoms with Gasteiger partial charge >= 0.3 is 11.9 Å². The number of benzene rings is 2. The summed E-state index contributed by atoms with van der Waals surface area (Å²) >= 11 is 1.19. The van der Waals surface area contributed by atoms with Gasteiger partial charge in [-0.2, -0.15) is 0 Å². The van der Waals surface area contributed by atoms with Crippen LogP contribution in [-0.4, -0.2) is 40.8 Å². The van der Waals surface area contributed by atoms with E-state index in [-0.39, 0.29) is 28.0 Å². The van der Waals surface area contributed by atoms with Crippen LogP contribution < -0.4 is 10.6 Å². The number of hydrogen-bond acceptors (Lipinski definition) is 8. The Morgan fingerprint density at radius 3 is 2.41 bits per heavy atom. The molecule has 0 unspecified atom stereocenters. The zero-order chi connectivity index (χ0) is 23.1. The zero-order valence-electron chi connectivity index (χ0n) is 17.0. The molecule has 1 amide bonds. The van der Waals surface area contributed by atoms with Gasteiger partial charge in [0.2, 0.25) is 0 Å². The Balaban J connectivity index is 1.71. The van der Waals surface area contributed by atoms with Crippen LogP contribution in [0.15, 0.2) is 60.7 Å². The average molecular weight is 473 g/mol. The van der Waals surface area contributed by atoms with Crippen LogP contribution in [0.3, 0.4) is 0 Å². The first-order chi connectivity index (χ1) is 15.4. The third-order valence-corrected chi connectivity index (χ3v) is 6.08. The van der Waals surface area contributed by atoms with Gasteiger partial charge in [-0.1, -0.05) is 36.4 Å². The van der Waals surface area contributed by atoms with Crippen molar-refractivity contribution >= 4 is 48.5 Å². The van der Waals surface area contributed by atoms with Crippen LogP contribution in [0.25, 0.3) is 10.4 Å². The molecule has 2 aromatic carbocycles. The van der Waals surface area contributed by atoms with Gasteiger partial charge < -0.3 is 24.6 Å². The minimum atomic E-state index is -2.35. The maximum atomic E-state index is 12.4. The Morgan fingerprint density at radius 2 is 1.72 bits per heavy atom. The molecule has 0 aliphatic rings. The molecule has 0 aliphatic heterocycles. The lowest BCUT2D eigenvalue weighted by Crippen LogP contribution is -2.22. The van der Waals surface area contributed by atoms with E-state index in [1.165, 1.54) is 35.6 Å². The topological polar surface area (TPSA) is 122 Å². The van der Waals surface area contributed by atoms with Gasteiger partial charge in [0.05, 0.1) is 17.9 Å². The molecule has 0 radical (unpaired) electrons. The lowest BCUT2D eigenvalue weighted by atomic mass is 10.2. The third kappa shape index (κ3) is 5.99. The molecule has 3 rings (SSSR count). The Hall–Kier alpha value is -3.10. The predicted octanol–water partition coefficient (Wildman–Crippen LogP) is 3.31. The molecule has 0 atom stereocenters. The molecule has 8 nitrogen and oxygen atoms in total. The molecule has 3 aromatic rings. The van der Waals surface area contributed by atoms with Crippen molar-refractivity contribution in [2.45, 2.75) is 6.92 Å². The molecular weight excluding hydrogens is 453 g/mol. The van der Waals surface area contributed by atoms with Crippen molar-refractivity contribution in [3.05, 3.63) is 71.1 Å². The Morgan fingerprint density at radius 1 is 0.969 bits per heavy atom. The standard InChI is InChI=1S/C22H20NO7PS/c1-2-29-22(26)20-17(12-18(32-20)14-7-4-3-5-8-14)23-19(24)13-30-21(25)15-9-6-10-16(11-15)31(27)28/h3-12,27-28H,2,13H2,1H3,(H,23,24). The molecular formula is C22H20NO7PS. The van der Waals surface area contributed by atoms with E-state index < -0.39 is 32.8 Å². The molecule has 1 aromatic heterocycles. The summed E-state index contributed by atoms with van der Waals surface area (Å²) in [5.41, 5.74) is 1.23. The van der Waals surface area contributed by atoms with Crippen molar-refractivity contribution in [3.8, 4) is 10.4 Å². The fourth-order valence-electron chi connectivity index (χ4n) is 2.73. The van der Waals surface area contributed by atoms with E-state index in [2.05, 4.69) is 5.32 Å². The first kappa shape index (κ1) is 23.6. The number of thiophene rings is 1. The minimum absolute atomic E-state index is 0.0833. The van der Waals surface area contributed by atoms with Gasteiger partial charge in [-0.3, -0.25) is 4.79 Å². The summed E-state index contributed by atoms with van der Waals surface area (Å²) in [6.45, 7) is 1.29. The number of nitrogens with one attached hydrogen (secondary N) is 1. The van der Waals surface area contributed by atoms with E-state index in [1.807, 2.05) is 30.3 Å². The fourth-order valence-corrected chi connectivity index (χ4v) is 4.22. The monoisotopic (exact) mass is 473 g/mol. The van der Waals surface area contributed by atoms with Crippen LogP contribution in [0.4, 0.5) is 5.69 Å². The number of ether oxygens (including phenoxy) is 2. The second-order valence-electron chi connectivity index (χ2n) is 6.40. The highest BCUT2D eigenvalue weighted by molar-refractivity contribution is 7.54. The quantitative estimate of drug-likeness (QED) is 0.339. The van der Waals surface area contributed by atoms with Gasteiger partial charge in [-0.15, -0.1) is 11.3 Å². The number of esters is 2. The van der Waals surface area contributed by atoms with Crippen molar-refractivity contribution in [1.82, 2.24) is 0 Å². The Labute approximate surface area is 189 Å². The number of anilines is 1. The summed E-state index contributed by atoms with van der Waals surface area (Å²) in [7, 11) is -2.35. The van der Waals surface area contributed by atoms with Crippen molar-refractivity contribution in [2.24, 2.45) is 0 Å². The molecule has 0 saturated carbocycles. The summed E-state index contributed by atoms with van der Waals surface area (Å²) in [5, 5.41) is 2.78. The lowest BCUT2D eigenvalue weighted by Gasteiger charge is -2.08. The molecule has 0 fully saturated rings. The number of rotatable bonds is 8. The fraction of sp³-hybridized carbons (Fsp3) is 0.136. The first-order valence-corrected chi connectivity index (χ1v) is 11.6. The second kappa shape index (κ2) is 11.0. The van der Waals surface area contributed by atoms with Crippen LogP contribution in [0.5, 0.6) is 0 Å². The van der Waals surface area contributed by atoms with Gasteiger partial charge in [-0.05, 0) is 36.8 Å². The molecule has 0 aliphatic carbocycles. The summed E-state index contributed by atoms with van der Waals surface area (Å²) in [6, 6.07) is 16.7. The Kier molecular flexibility index (Phi) is 8.08. The molecule has 0 spiro atoms. The zero-order valence-corrected chi connectivity index (χ0v) is 18.7. The highest BCUT2D eigenvalue weighted by Gasteiger charge is 2.21. The van der Waals surface area contributed by atoms with Crippen LogP contribution in [0, 0.1) is 0 Å². The lowest BCUT2D eigenvalue weighted by molar-refractivity contribution is -0.119. The largest absolute Gasteiger partial charge is 0.462 e. The molecule has 0 saturated heterocycles. The van der Waals surface area contributed by atoms with Gasteiger partial charge in [0.25, 0.3) is 5.91 Å². The van der Waals surface area contributed by atoms with Crippen molar-refractivity contribution in [1.29, 1.82) is 0 Å². The number of carbonyl (C=O) groups is 3. The maximum absolute atomic E-state index is 12.4. The minimum Gasteiger partial charge on any atom is -0.462 e. The molecule has 0 bridgehead atoms. The van der Waals surface area contributed by atoms with Crippen molar-refractivity contribution < 1.29 is 33.6 Å². The number of amides is 1. The van der Waals surface area contributed by atoms with Gasteiger partial charge in [0, 0.05) is 10.2 Å².